The number of rotatable bonds is 7. The molecule has 0 bridgehead atoms. The molecular formula is C18H22N2O5. The number of nitrogens with zero attached hydrogens (tertiary/aromatic N) is 1. The molecule has 1 aliphatic carbocycles. The van der Waals surface area contributed by atoms with E-state index in [-0.39, 0.29) is 6.61 Å². The molecule has 0 aromatic heterocycles. The molecule has 2 rings (SSSR count). The molecule has 134 valence electrons. The summed E-state index contributed by atoms with van der Waals surface area (Å²) in [5, 5.41) is 21.0. The van der Waals surface area contributed by atoms with Crippen LogP contribution in [0.1, 0.15) is 44.6 Å². The average Bonchev–Trinajstić information content (AvgIpc) is 2.61. The van der Waals surface area contributed by atoms with Gasteiger partial charge in [0.15, 0.2) is 18.1 Å². The van der Waals surface area contributed by atoms with Gasteiger partial charge in [0.25, 0.3) is 5.91 Å². The Morgan fingerprint density at radius 2 is 1.96 bits per heavy atom. The van der Waals surface area contributed by atoms with Crippen molar-refractivity contribution in [3.63, 3.8) is 0 Å². The van der Waals surface area contributed by atoms with Crippen LogP contribution in [0.15, 0.2) is 18.2 Å². The number of aliphatic carboxylic acids is 1. The van der Waals surface area contributed by atoms with Gasteiger partial charge in [0.2, 0.25) is 0 Å². The van der Waals surface area contributed by atoms with Crippen molar-refractivity contribution in [2.45, 2.75) is 44.6 Å². The van der Waals surface area contributed by atoms with E-state index >= 15 is 0 Å². The van der Waals surface area contributed by atoms with E-state index in [1.165, 1.54) is 6.07 Å². The molecule has 1 amide bonds. The van der Waals surface area contributed by atoms with E-state index in [1.807, 2.05) is 6.07 Å². The fraction of sp³-hybridized carbons (Fsp3) is 0.500. The maximum absolute atomic E-state index is 12.2. The number of nitriles is 1. The van der Waals surface area contributed by atoms with Gasteiger partial charge in [-0.3, -0.25) is 4.79 Å². The first-order chi connectivity index (χ1) is 12.0. The first-order valence-electron chi connectivity index (χ1n) is 8.35. The van der Waals surface area contributed by atoms with E-state index in [4.69, 9.17) is 14.7 Å². The van der Waals surface area contributed by atoms with Crippen LogP contribution in [0.25, 0.3) is 0 Å². The number of ether oxygens (including phenoxy) is 2. The lowest BCUT2D eigenvalue weighted by Crippen LogP contribution is -2.56. The van der Waals surface area contributed by atoms with E-state index in [0.717, 1.165) is 19.3 Å². The number of nitrogens with one attached hydrogen (secondary N) is 1. The van der Waals surface area contributed by atoms with Crippen LogP contribution in [0.5, 0.6) is 11.5 Å². The fourth-order valence-corrected chi connectivity index (χ4v) is 2.96. The summed E-state index contributed by atoms with van der Waals surface area (Å²) in [7, 11) is 0. The Kier molecular flexibility index (Phi) is 6.23. The molecule has 0 unspecified atom stereocenters. The minimum atomic E-state index is -1.20. The normalized spacial score (nSPS) is 15.7. The number of amides is 1. The zero-order valence-electron chi connectivity index (χ0n) is 14.2. The summed E-state index contributed by atoms with van der Waals surface area (Å²) >= 11 is 0. The van der Waals surface area contributed by atoms with Crippen molar-refractivity contribution >= 4 is 11.9 Å². The number of carbonyl (C=O) groups excluding carboxylic acids is 1. The van der Waals surface area contributed by atoms with Crippen LogP contribution >= 0.6 is 0 Å². The summed E-state index contributed by atoms with van der Waals surface area (Å²) in [4.78, 5) is 23.8. The topological polar surface area (TPSA) is 109 Å². The lowest BCUT2D eigenvalue weighted by atomic mass is 9.81. The Balaban J connectivity index is 2.02. The van der Waals surface area contributed by atoms with Gasteiger partial charge in [-0.1, -0.05) is 19.3 Å². The highest BCUT2D eigenvalue weighted by atomic mass is 16.5. The number of carboxylic acids is 1. The van der Waals surface area contributed by atoms with E-state index < -0.39 is 17.4 Å². The van der Waals surface area contributed by atoms with Gasteiger partial charge in [-0.2, -0.15) is 5.26 Å². The Morgan fingerprint density at radius 1 is 1.24 bits per heavy atom. The van der Waals surface area contributed by atoms with Gasteiger partial charge in [-0.25, -0.2) is 4.79 Å². The standard InChI is InChI=1S/C18H22N2O5/c1-2-24-15-10-13(11-19)6-7-14(15)25-12-16(21)20-18(17(22)23)8-4-3-5-9-18/h6-7,10H,2-5,8-9,12H2,1H3,(H,20,21)(H,22,23). The van der Waals surface area contributed by atoms with Gasteiger partial charge in [0.1, 0.15) is 5.54 Å². The van der Waals surface area contributed by atoms with Crippen molar-refractivity contribution in [2.24, 2.45) is 0 Å². The molecule has 0 heterocycles. The van der Waals surface area contributed by atoms with E-state index in [2.05, 4.69) is 5.32 Å². The number of carbonyl (C=O) groups is 2. The van der Waals surface area contributed by atoms with Crippen molar-refractivity contribution in [3.8, 4) is 17.6 Å². The summed E-state index contributed by atoms with van der Waals surface area (Å²) in [6.45, 7) is 1.87. The number of hydrogen-bond donors (Lipinski definition) is 2. The second-order valence-corrected chi connectivity index (χ2v) is 5.99. The van der Waals surface area contributed by atoms with E-state index in [0.29, 0.717) is 36.5 Å². The van der Waals surface area contributed by atoms with Crippen LogP contribution in [0.3, 0.4) is 0 Å². The van der Waals surface area contributed by atoms with Crippen LogP contribution in [-0.2, 0) is 9.59 Å². The van der Waals surface area contributed by atoms with Gasteiger partial charge in [0, 0.05) is 6.07 Å². The van der Waals surface area contributed by atoms with Crippen LogP contribution in [0.4, 0.5) is 0 Å². The lowest BCUT2D eigenvalue weighted by Gasteiger charge is -2.33. The Morgan fingerprint density at radius 3 is 2.56 bits per heavy atom. The van der Waals surface area contributed by atoms with Gasteiger partial charge in [0.05, 0.1) is 18.2 Å². The summed E-state index contributed by atoms with van der Waals surface area (Å²) in [6, 6.07) is 6.67. The Hall–Kier alpha value is -2.75. The monoisotopic (exact) mass is 346 g/mol. The fourth-order valence-electron chi connectivity index (χ4n) is 2.96. The number of carboxylic acid groups (broad SMARTS) is 1. The third-order valence-corrected chi connectivity index (χ3v) is 4.23. The average molecular weight is 346 g/mol. The largest absolute Gasteiger partial charge is 0.490 e. The molecule has 0 saturated heterocycles. The smallest absolute Gasteiger partial charge is 0.329 e. The molecule has 1 aromatic carbocycles. The highest BCUT2D eigenvalue weighted by molar-refractivity contribution is 5.87. The van der Waals surface area contributed by atoms with Gasteiger partial charge in [-0.05, 0) is 31.9 Å². The van der Waals surface area contributed by atoms with Crippen molar-refractivity contribution in [2.75, 3.05) is 13.2 Å². The zero-order valence-corrected chi connectivity index (χ0v) is 14.2. The molecule has 2 N–H and O–H groups in total. The molecule has 0 atom stereocenters. The molecule has 0 spiro atoms. The van der Waals surface area contributed by atoms with Crippen LogP contribution in [0, 0.1) is 11.3 Å². The molecule has 25 heavy (non-hydrogen) atoms. The summed E-state index contributed by atoms with van der Waals surface area (Å²) in [5.74, 6) is -0.783. The Bertz CT molecular complexity index is 675. The van der Waals surface area contributed by atoms with Gasteiger partial charge in [-0.15, -0.1) is 0 Å². The third-order valence-electron chi connectivity index (χ3n) is 4.23. The molecule has 1 fully saturated rings. The maximum atomic E-state index is 12.2. The second kappa shape index (κ2) is 8.38. The summed E-state index contributed by atoms with van der Waals surface area (Å²) in [5.41, 5.74) is -0.779. The van der Waals surface area contributed by atoms with Gasteiger partial charge >= 0.3 is 5.97 Å². The minimum Gasteiger partial charge on any atom is -0.490 e. The molecule has 1 aliphatic rings. The van der Waals surface area contributed by atoms with Crippen LogP contribution in [-0.4, -0.2) is 35.7 Å². The Labute approximate surface area is 146 Å². The first kappa shape index (κ1) is 18.6. The van der Waals surface area contributed by atoms with Crippen molar-refractivity contribution in [1.82, 2.24) is 5.32 Å². The van der Waals surface area contributed by atoms with Crippen molar-refractivity contribution < 1.29 is 24.2 Å². The van der Waals surface area contributed by atoms with Crippen LogP contribution in [0.2, 0.25) is 0 Å². The molecule has 7 heteroatoms. The zero-order chi connectivity index (χ0) is 18.3. The summed E-state index contributed by atoms with van der Waals surface area (Å²) in [6.07, 6.45) is 3.38. The quantitative estimate of drug-likeness (QED) is 0.784. The van der Waals surface area contributed by atoms with Crippen molar-refractivity contribution in [1.29, 1.82) is 5.26 Å². The van der Waals surface area contributed by atoms with Crippen LogP contribution < -0.4 is 14.8 Å². The number of benzene rings is 1. The second-order valence-electron chi connectivity index (χ2n) is 5.99. The molecule has 1 aromatic rings. The third kappa shape index (κ3) is 4.63. The predicted octanol–water partition coefficient (Wildman–Crippen LogP) is 2.24. The highest BCUT2D eigenvalue weighted by Gasteiger charge is 2.40. The molecule has 7 nitrogen and oxygen atoms in total. The number of hydrogen-bond acceptors (Lipinski definition) is 5. The minimum absolute atomic E-state index is 0.318. The molecule has 0 aliphatic heterocycles. The van der Waals surface area contributed by atoms with Crippen molar-refractivity contribution in [3.05, 3.63) is 23.8 Å². The predicted molar refractivity (Wildman–Crippen MR) is 89.4 cm³/mol. The summed E-state index contributed by atoms with van der Waals surface area (Å²) < 4.78 is 10.9. The molecule has 1 saturated carbocycles. The van der Waals surface area contributed by atoms with E-state index in [9.17, 15) is 14.7 Å². The molecule has 0 radical (unpaired) electrons. The molecular weight excluding hydrogens is 324 g/mol. The van der Waals surface area contributed by atoms with E-state index in [1.54, 1.807) is 19.1 Å². The highest BCUT2D eigenvalue weighted by Crippen LogP contribution is 2.30. The SMILES string of the molecule is CCOc1cc(C#N)ccc1OCC(=O)NC1(C(=O)O)CCCCC1. The lowest BCUT2D eigenvalue weighted by molar-refractivity contribution is -0.149. The maximum Gasteiger partial charge on any atom is 0.329 e. The first-order valence-corrected chi connectivity index (χ1v) is 8.35. The van der Waals surface area contributed by atoms with Gasteiger partial charge < -0.3 is 19.9 Å².